The van der Waals surface area contributed by atoms with Gasteiger partial charge in [-0.15, -0.1) is 0 Å². The van der Waals surface area contributed by atoms with Crippen LogP contribution in [0.15, 0.2) is 60.7 Å². The summed E-state index contributed by atoms with van der Waals surface area (Å²) >= 11 is 0. The average molecular weight is 249 g/mol. The molecule has 0 radical (unpaired) electrons. The summed E-state index contributed by atoms with van der Waals surface area (Å²) in [5.41, 5.74) is 4.23. The van der Waals surface area contributed by atoms with Gasteiger partial charge in [0.05, 0.1) is 0 Å². The first-order valence-electron chi connectivity index (χ1n) is 6.93. The van der Waals surface area contributed by atoms with Gasteiger partial charge in [0, 0.05) is 12.6 Å². The second-order valence-corrected chi connectivity index (χ2v) is 5.10. The maximum atomic E-state index is 3.61. The summed E-state index contributed by atoms with van der Waals surface area (Å²) in [7, 11) is 0. The van der Waals surface area contributed by atoms with E-state index < -0.39 is 0 Å². The smallest absolute Gasteiger partial charge is 0.0211 e. The van der Waals surface area contributed by atoms with Crippen LogP contribution in [0.5, 0.6) is 0 Å². The van der Waals surface area contributed by atoms with Gasteiger partial charge in [0.25, 0.3) is 0 Å². The van der Waals surface area contributed by atoms with Gasteiger partial charge < -0.3 is 5.32 Å². The molecule has 0 saturated carbocycles. The number of hydrogen-bond donors (Lipinski definition) is 1. The minimum absolute atomic E-state index is 0.565. The van der Waals surface area contributed by atoms with Crippen LogP contribution in [-0.2, 0) is 13.0 Å². The molecule has 0 bridgehead atoms. The molecule has 0 aromatic heterocycles. The molecule has 2 aromatic carbocycles. The average Bonchev–Trinajstić information content (AvgIpc) is 2.48. The van der Waals surface area contributed by atoms with Gasteiger partial charge in [0.1, 0.15) is 0 Å². The normalized spacial score (nSPS) is 18.4. The summed E-state index contributed by atoms with van der Waals surface area (Å²) in [5.74, 6) is 0. The van der Waals surface area contributed by atoms with Crippen molar-refractivity contribution in [1.29, 1.82) is 0 Å². The zero-order valence-corrected chi connectivity index (χ0v) is 11.0. The van der Waals surface area contributed by atoms with E-state index in [0.29, 0.717) is 6.04 Å². The van der Waals surface area contributed by atoms with E-state index in [-0.39, 0.29) is 0 Å². The van der Waals surface area contributed by atoms with E-state index in [0.717, 1.165) is 19.4 Å². The van der Waals surface area contributed by atoms with Crippen molar-refractivity contribution in [1.82, 2.24) is 5.32 Å². The summed E-state index contributed by atoms with van der Waals surface area (Å²) in [6.45, 7) is 1.00. The molecule has 1 atom stereocenters. The Morgan fingerprint density at radius 3 is 2.53 bits per heavy atom. The van der Waals surface area contributed by atoms with Gasteiger partial charge in [0.2, 0.25) is 0 Å². The number of benzene rings is 2. The first-order chi connectivity index (χ1) is 9.42. The quantitative estimate of drug-likeness (QED) is 0.872. The van der Waals surface area contributed by atoms with E-state index in [1.807, 2.05) is 0 Å². The van der Waals surface area contributed by atoms with Crippen LogP contribution in [0, 0.1) is 0 Å². The fourth-order valence-corrected chi connectivity index (χ4v) is 2.62. The molecule has 0 saturated heterocycles. The second kappa shape index (κ2) is 5.85. The monoisotopic (exact) mass is 249 g/mol. The van der Waals surface area contributed by atoms with Gasteiger partial charge in [-0.25, -0.2) is 0 Å². The van der Waals surface area contributed by atoms with Crippen LogP contribution in [0.25, 0.3) is 6.08 Å². The molecular weight excluding hydrogens is 230 g/mol. The minimum atomic E-state index is 0.565. The Kier molecular flexibility index (Phi) is 3.75. The van der Waals surface area contributed by atoms with Crippen molar-refractivity contribution < 1.29 is 0 Å². The Morgan fingerprint density at radius 2 is 1.68 bits per heavy atom. The van der Waals surface area contributed by atoms with Gasteiger partial charge in [-0.2, -0.15) is 0 Å². The predicted molar refractivity (Wildman–Crippen MR) is 80.9 cm³/mol. The summed E-state index contributed by atoms with van der Waals surface area (Å²) in [6.07, 6.45) is 6.71. The van der Waals surface area contributed by atoms with Crippen LogP contribution < -0.4 is 5.32 Å². The zero-order valence-electron chi connectivity index (χ0n) is 11.0. The largest absolute Gasteiger partial charge is 0.309 e. The maximum absolute atomic E-state index is 3.61. The molecule has 1 aliphatic heterocycles. The lowest BCUT2D eigenvalue weighted by molar-refractivity contribution is 0.484. The SMILES string of the molecule is C(=Cc1ccccc1)CC1Cc2ccccc2CN1. The Bertz CT molecular complexity index is 557. The van der Waals surface area contributed by atoms with Gasteiger partial charge in [-0.05, 0) is 29.5 Å². The molecule has 96 valence electrons. The topological polar surface area (TPSA) is 12.0 Å². The van der Waals surface area contributed by atoms with Gasteiger partial charge in [-0.3, -0.25) is 0 Å². The number of fused-ring (bicyclic) bond motifs is 1. The molecule has 1 heteroatoms. The lowest BCUT2D eigenvalue weighted by atomic mass is 9.94. The Labute approximate surface area is 115 Å². The van der Waals surface area contributed by atoms with E-state index >= 15 is 0 Å². The van der Waals surface area contributed by atoms with E-state index in [1.54, 1.807) is 0 Å². The Morgan fingerprint density at radius 1 is 0.947 bits per heavy atom. The third kappa shape index (κ3) is 3.12. The van der Waals surface area contributed by atoms with Crippen LogP contribution in [0.2, 0.25) is 0 Å². The Hall–Kier alpha value is -1.86. The van der Waals surface area contributed by atoms with Crippen molar-refractivity contribution in [2.24, 2.45) is 0 Å². The molecule has 0 spiro atoms. The van der Waals surface area contributed by atoms with Crippen LogP contribution in [0.1, 0.15) is 23.1 Å². The molecule has 1 heterocycles. The molecule has 3 rings (SSSR count). The van der Waals surface area contributed by atoms with E-state index in [4.69, 9.17) is 0 Å². The molecular formula is C18H19N. The van der Waals surface area contributed by atoms with Crippen molar-refractivity contribution in [2.75, 3.05) is 0 Å². The maximum Gasteiger partial charge on any atom is 0.0211 e. The van der Waals surface area contributed by atoms with Crippen LogP contribution in [0.3, 0.4) is 0 Å². The lowest BCUT2D eigenvalue weighted by Gasteiger charge is -2.25. The summed E-state index contributed by atoms with van der Waals surface area (Å²) in [4.78, 5) is 0. The summed E-state index contributed by atoms with van der Waals surface area (Å²) < 4.78 is 0. The lowest BCUT2D eigenvalue weighted by Crippen LogP contribution is -2.34. The first kappa shape index (κ1) is 12.2. The van der Waals surface area contributed by atoms with Crippen LogP contribution >= 0.6 is 0 Å². The van der Waals surface area contributed by atoms with Gasteiger partial charge in [0.15, 0.2) is 0 Å². The molecule has 1 unspecified atom stereocenters. The van der Waals surface area contributed by atoms with Crippen molar-refractivity contribution >= 4 is 6.08 Å². The van der Waals surface area contributed by atoms with Crippen molar-refractivity contribution in [2.45, 2.75) is 25.4 Å². The molecule has 0 fully saturated rings. The molecule has 1 N–H and O–H groups in total. The summed E-state index contributed by atoms with van der Waals surface area (Å²) in [5, 5.41) is 3.61. The third-order valence-corrected chi connectivity index (χ3v) is 3.70. The van der Waals surface area contributed by atoms with Crippen molar-refractivity contribution in [3.8, 4) is 0 Å². The molecule has 0 amide bonds. The third-order valence-electron chi connectivity index (χ3n) is 3.70. The Balaban J connectivity index is 1.59. The van der Waals surface area contributed by atoms with Gasteiger partial charge >= 0.3 is 0 Å². The fourth-order valence-electron chi connectivity index (χ4n) is 2.62. The van der Waals surface area contributed by atoms with E-state index in [2.05, 4.69) is 72.1 Å². The fraction of sp³-hybridized carbons (Fsp3) is 0.222. The van der Waals surface area contributed by atoms with Crippen LogP contribution in [0.4, 0.5) is 0 Å². The summed E-state index contributed by atoms with van der Waals surface area (Å²) in [6, 6.07) is 19.8. The highest BCUT2D eigenvalue weighted by Crippen LogP contribution is 2.18. The highest BCUT2D eigenvalue weighted by atomic mass is 14.9. The highest BCUT2D eigenvalue weighted by Gasteiger charge is 2.15. The minimum Gasteiger partial charge on any atom is -0.309 e. The molecule has 2 aromatic rings. The van der Waals surface area contributed by atoms with Gasteiger partial charge in [-0.1, -0.05) is 66.7 Å². The van der Waals surface area contributed by atoms with Crippen molar-refractivity contribution in [3.63, 3.8) is 0 Å². The second-order valence-electron chi connectivity index (χ2n) is 5.10. The highest BCUT2D eigenvalue weighted by molar-refractivity contribution is 5.48. The zero-order chi connectivity index (χ0) is 12.9. The predicted octanol–water partition coefficient (Wildman–Crippen LogP) is 3.80. The number of hydrogen-bond acceptors (Lipinski definition) is 1. The molecule has 0 aliphatic carbocycles. The van der Waals surface area contributed by atoms with Crippen LogP contribution in [-0.4, -0.2) is 6.04 Å². The number of rotatable bonds is 3. The molecule has 19 heavy (non-hydrogen) atoms. The van der Waals surface area contributed by atoms with E-state index in [9.17, 15) is 0 Å². The first-order valence-corrected chi connectivity index (χ1v) is 6.93. The van der Waals surface area contributed by atoms with Crippen molar-refractivity contribution in [3.05, 3.63) is 77.4 Å². The standard InChI is InChI=1S/C18H19N/c1-2-7-15(8-3-1)9-6-12-18-13-16-10-4-5-11-17(16)14-19-18/h1-11,18-19H,12-14H2. The van der Waals surface area contributed by atoms with E-state index in [1.165, 1.54) is 16.7 Å². The molecule has 1 aliphatic rings. The number of nitrogens with one attached hydrogen (secondary N) is 1. The molecule has 1 nitrogen and oxygen atoms in total.